The van der Waals surface area contributed by atoms with E-state index in [1.54, 1.807) is 23.0 Å². The second-order valence-electron chi connectivity index (χ2n) is 6.38. The summed E-state index contributed by atoms with van der Waals surface area (Å²) < 4.78 is 16.8. The van der Waals surface area contributed by atoms with Gasteiger partial charge in [-0.1, -0.05) is 11.6 Å². The Morgan fingerprint density at radius 1 is 1.11 bits per heavy atom. The molecule has 1 aliphatic rings. The maximum absolute atomic E-state index is 13.3. The fourth-order valence-corrected chi connectivity index (χ4v) is 3.58. The molecule has 4 rings (SSSR count). The predicted molar refractivity (Wildman–Crippen MR) is 105 cm³/mol. The van der Waals surface area contributed by atoms with Gasteiger partial charge in [0.25, 0.3) is 0 Å². The van der Waals surface area contributed by atoms with E-state index in [9.17, 15) is 4.39 Å². The smallest absolute Gasteiger partial charge is 0.177 e. The van der Waals surface area contributed by atoms with E-state index < -0.39 is 0 Å². The Labute approximate surface area is 161 Å². The van der Waals surface area contributed by atoms with Gasteiger partial charge < -0.3 is 0 Å². The molecular formula is C19H18ClFN6. The maximum Gasteiger partial charge on any atom is 0.177 e. The zero-order valence-electron chi connectivity index (χ0n) is 15.2. The van der Waals surface area contributed by atoms with E-state index in [4.69, 9.17) is 11.6 Å². The Hall–Kier alpha value is -2.93. The molecule has 0 bridgehead atoms. The normalized spacial score (nSPS) is 14.0. The molecule has 3 heterocycles. The zero-order valence-corrected chi connectivity index (χ0v) is 15.9. The third-order valence-electron chi connectivity index (χ3n) is 4.40. The molecule has 0 amide bonds. The molecule has 27 heavy (non-hydrogen) atoms. The maximum atomic E-state index is 13.3. The van der Waals surface area contributed by atoms with Crippen molar-refractivity contribution in [1.29, 1.82) is 0 Å². The summed E-state index contributed by atoms with van der Waals surface area (Å²) in [6, 6.07) is 8.20. The molecule has 1 aromatic carbocycles. The van der Waals surface area contributed by atoms with Crippen molar-refractivity contribution in [2.24, 2.45) is 12.0 Å². The van der Waals surface area contributed by atoms with Gasteiger partial charge in [-0.05, 0) is 50.3 Å². The van der Waals surface area contributed by atoms with E-state index >= 15 is 0 Å². The standard InChI is InChI=1S/C19H18ClFN6/c1-12-10-13(2)27(23-12)16-8-9-22-11-26(16)19-17(20)18(25(3)24-19)14-4-6-15(21)7-5-14/h4-10H,11H2,1-3H3. The minimum atomic E-state index is -0.294. The lowest BCUT2D eigenvalue weighted by molar-refractivity contribution is 0.628. The molecule has 0 atom stereocenters. The van der Waals surface area contributed by atoms with Gasteiger partial charge in [0.05, 0.1) is 11.4 Å². The SMILES string of the molecule is Cc1cc(C)n(C2=CC=NCN2c2nn(C)c(-c3ccc(F)cc3)c2Cl)n1. The lowest BCUT2D eigenvalue weighted by atomic mass is 10.1. The molecule has 0 fully saturated rings. The first kappa shape index (κ1) is 17.5. The summed E-state index contributed by atoms with van der Waals surface area (Å²) in [4.78, 5) is 6.25. The van der Waals surface area contributed by atoms with Crippen LogP contribution >= 0.6 is 11.6 Å². The van der Waals surface area contributed by atoms with Crippen LogP contribution in [0.5, 0.6) is 0 Å². The number of hydrogen-bond donors (Lipinski definition) is 0. The number of hydrogen-bond acceptors (Lipinski definition) is 4. The van der Waals surface area contributed by atoms with Gasteiger partial charge in [0.1, 0.15) is 23.3 Å². The van der Waals surface area contributed by atoms with Crippen LogP contribution in [-0.2, 0) is 7.05 Å². The van der Waals surface area contributed by atoms with Crippen molar-refractivity contribution in [2.75, 3.05) is 11.6 Å². The zero-order chi connectivity index (χ0) is 19.1. The minimum Gasteiger partial charge on any atom is -0.288 e. The molecule has 1 aliphatic heterocycles. The van der Waals surface area contributed by atoms with Crippen LogP contribution in [0.25, 0.3) is 17.1 Å². The van der Waals surface area contributed by atoms with Crippen molar-refractivity contribution in [2.45, 2.75) is 13.8 Å². The number of allylic oxidation sites excluding steroid dienone is 1. The summed E-state index contributed by atoms with van der Waals surface area (Å²) in [6.45, 7) is 4.32. The molecule has 3 aromatic rings. The summed E-state index contributed by atoms with van der Waals surface area (Å²) >= 11 is 6.71. The second kappa shape index (κ2) is 6.66. The van der Waals surface area contributed by atoms with Crippen molar-refractivity contribution in [3.63, 3.8) is 0 Å². The van der Waals surface area contributed by atoms with Crippen LogP contribution in [0.3, 0.4) is 0 Å². The van der Waals surface area contributed by atoms with Crippen LogP contribution in [0.4, 0.5) is 10.2 Å². The van der Waals surface area contributed by atoms with Gasteiger partial charge >= 0.3 is 0 Å². The van der Waals surface area contributed by atoms with E-state index in [0.717, 1.165) is 22.8 Å². The average Bonchev–Trinajstić information content (AvgIpc) is 3.14. The Bertz CT molecular complexity index is 1060. The van der Waals surface area contributed by atoms with Gasteiger partial charge in [0.2, 0.25) is 0 Å². The molecule has 0 unspecified atom stereocenters. The van der Waals surface area contributed by atoms with Gasteiger partial charge in [-0.25, -0.2) is 9.07 Å². The minimum absolute atomic E-state index is 0.294. The molecular weight excluding hydrogens is 367 g/mol. The summed E-state index contributed by atoms with van der Waals surface area (Å²) in [7, 11) is 1.81. The first-order chi connectivity index (χ1) is 13.0. The number of anilines is 1. The van der Waals surface area contributed by atoms with Gasteiger partial charge in [-0.2, -0.15) is 10.2 Å². The Morgan fingerprint density at radius 3 is 2.52 bits per heavy atom. The number of halogens is 2. The quantitative estimate of drug-likeness (QED) is 0.684. The van der Waals surface area contributed by atoms with Crippen molar-refractivity contribution < 1.29 is 4.39 Å². The van der Waals surface area contributed by atoms with Gasteiger partial charge in [-0.15, -0.1) is 0 Å². The van der Waals surface area contributed by atoms with Crippen molar-refractivity contribution in [3.8, 4) is 11.3 Å². The van der Waals surface area contributed by atoms with Crippen LogP contribution < -0.4 is 4.90 Å². The molecule has 6 nitrogen and oxygen atoms in total. The van der Waals surface area contributed by atoms with Gasteiger partial charge in [0.15, 0.2) is 5.82 Å². The predicted octanol–water partition coefficient (Wildman–Crippen LogP) is 4.04. The number of aryl methyl sites for hydroxylation is 3. The van der Waals surface area contributed by atoms with Crippen LogP contribution in [0.1, 0.15) is 11.4 Å². The summed E-state index contributed by atoms with van der Waals surface area (Å²) in [5.41, 5.74) is 3.44. The Balaban J connectivity index is 1.80. The monoisotopic (exact) mass is 384 g/mol. The lowest BCUT2D eigenvalue weighted by Crippen LogP contribution is -2.29. The Kier molecular flexibility index (Phi) is 4.31. The molecule has 138 valence electrons. The molecule has 0 radical (unpaired) electrons. The highest BCUT2D eigenvalue weighted by molar-refractivity contribution is 6.35. The van der Waals surface area contributed by atoms with Crippen molar-refractivity contribution in [1.82, 2.24) is 19.6 Å². The van der Waals surface area contributed by atoms with Gasteiger partial charge in [-0.3, -0.25) is 14.6 Å². The van der Waals surface area contributed by atoms with Crippen molar-refractivity contribution in [3.05, 3.63) is 58.6 Å². The third-order valence-corrected chi connectivity index (χ3v) is 4.75. The molecule has 0 saturated heterocycles. The largest absolute Gasteiger partial charge is 0.288 e. The van der Waals surface area contributed by atoms with Crippen LogP contribution in [0.15, 0.2) is 41.4 Å². The van der Waals surface area contributed by atoms with Crippen LogP contribution in [0, 0.1) is 19.7 Å². The number of benzene rings is 1. The lowest BCUT2D eigenvalue weighted by Gasteiger charge is -2.26. The highest BCUT2D eigenvalue weighted by Crippen LogP contribution is 2.37. The number of rotatable bonds is 3. The molecule has 8 heteroatoms. The van der Waals surface area contributed by atoms with Crippen LogP contribution in [0.2, 0.25) is 5.02 Å². The number of aromatic nitrogens is 4. The molecule has 0 spiro atoms. The topological polar surface area (TPSA) is 51.2 Å². The average molecular weight is 385 g/mol. The molecule has 0 N–H and O–H groups in total. The first-order valence-corrected chi connectivity index (χ1v) is 8.83. The van der Waals surface area contributed by atoms with Gasteiger partial charge in [0, 0.05) is 24.5 Å². The fourth-order valence-electron chi connectivity index (χ4n) is 3.21. The fraction of sp³-hybridized carbons (Fsp3) is 0.211. The highest BCUT2D eigenvalue weighted by Gasteiger charge is 2.26. The van der Waals surface area contributed by atoms with E-state index in [2.05, 4.69) is 15.2 Å². The van der Waals surface area contributed by atoms with Crippen molar-refractivity contribution >= 4 is 29.5 Å². The highest BCUT2D eigenvalue weighted by atomic mass is 35.5. The van der Waals surface area contributed by atoms with E-state index in [1.165, 1.54) is 12.1 Å². The van der Waals surface area contributed by atoms with E-state index in [0.29, 0.717) is 23.2 Å². The summed E-state index contributed by atoms with van der Waals surface area (Å²) in [5.74, 6) is 1.10. The van der Waals surface area contributed by atoms with Crippen LogP contribution in [-0.4, -0.2) is 32.4 Å². The number of nitrogens with zero attached hydrogens (tertiary/aromatic N) is 6. The molecule has 0 aliphatic carbocycles. The summed E-state index contributed by atoms with van der Waals surface area (Å²) in [5, 5.41) is 9.65. The number of aliphatic imine (C=N–C) groups is 1. The second-order valence-corrected chi connectivity index (χ2v) is 6.76. The Morgan fingerprint density at radius 2 is 1.85 bits per heavy atom. The first-order valence-electron chi connectivity index (χ1n) is 8.45. The summed E-state index contributed by atoms with van der Waals surface area (Å²) in [6.07, 6.45) is 3.63. The third kappa shape index (κ3) is 3.04. The molecule has 2 aromatic heterocycles. The van der Waals surface area contributed by atoms with E-state index in [-0.39, 0.29) is 5.82 Å². The molecule has 0 saturated carbocycles. The van der Waals surface area contributed by atoms with E-state index in [1.807, 2.05) is 42.6 Å².